The number of nitro benzene ring substituents is 1. The highest BCUT2D eigenvalue weighted by Crippen LogP contribution is 2.38. The molecule has 96 valence electrons. The van der Waals surface area contributed by atoms with Gasteiger partial charge in [-0.25, -0.2) is 4.79 Å². The molecule has 0 N–H and O–H groups in total. The van der Waals surface area contributed by atoms with Crippen molar-refractivity contribution in [2.75, 3.05) is 13.4 Å². The molecule has 1 aromatic rings. The summed E-state index contributed by atoms with van der Waals surface area (Å²) in [5.74, 6) is 0.771. The van der Waals surface area contributed by atoms with Gasteiger partial charge in [0.1, 0.15) is 0 Å². The topological polar surface area (TPSA) is 87.9 Å². The smallest absolute Gasteiger partial charge is 0.403 e. The third-order valence-corrected chi connectivity index (χ3v) is 2.47. The van der Waals surface area contributed by atoms with E-state index in [1.807, 2.05) is 0 Å². The van der Waals surface area contributed by atoms with Gasteiger partial charge in [0.25, 0.3) is 5.69 Å². The van der Waals surface area contributed by atoms with Crippen LogP contribution in [0.2, 0.25) is 0 Å². The van der Waals surface area contributed by atoms with Crippen LogP contribution in [0.1, 0.15) is 5.56 Å². The summed E-state index contributed by atoms with van der Waals surface area (Å²) in [5.41, 5.74) is -0.662. The van der Waals surface area contributed by atoms with E-state index in [9.17, 15) is 14.9 Å². The van der Waals surface area contributed by atoms with Gasteiger partial charge in [-0.05, 0) is 6.07 Å². The lowest BCUT2D eigenvalue weighted by molar-refractivity contribution is -0.385. The zero-order valence-electron chi connectivity index (χ0n) is 9.05. The molecule has 7 nitrogen and oxygen atoms in total. The quantitative estimate of drug-likeness (QED) is 0.475. The van der Waals surface area contributed by atoms with E-state index in [1.165, 1.54) is 12.1 Å². The minimum atomic E-state index is -0.946. The van der Waals surface area contributed by atoms with E-state index in [-0.39, 0.29) is 25.5 Å². The molecule has 0 fully saturated rings. The molecule has 2 rings (SSSR count). The Labute approximate surface area is 106 Å². The lowest BCUT2D eigenvalue weighted by Crippen LogP contribution is -2.03. The maximum Gasteiger partial charge on any atom is 0.403 e. The first-order chi connectivity index (χ1) is 8.58. The first-order valence-electron chi connectivity index (χ1n) is 4.97. The van der Waals surface area contributed by atoms with Crippen molar-refractivity contribution in [2.45, 2.75) is 6.42 Å². The molecule has 0 radical (unpaired) electrons. The van der Waals surface area contributed by atoms with Crippen LogP contribution in [-0.4, -0.2) is 23.8 Å². The Morgan fingerprint density at radius 1 is 1.44 bits per heavy atom. The van der Waals surface area contributed by atoms with Gasteiger partial charge in [0.15, 0.2) is 11.5 Å². The van der Waals surface area contributed by atoms with Crippen molar-refractivity contribution in [3.05, 3.63) is 27.8 Å². The Morgan fingerprint density at radius 2 is 2.11 bits per heavy atom. The van der Waals surface area contributed by atoms with E-state index >= 15 is 0 Å². The van der Waals surface area contributed by atoms with Crippen LogP contribution in [0.15, 0.2) is 12.1 Å². The molecule has 0 aromatic heterocycles. The summed E-state index contributed by atoms with van der Waals surface area (Å²) in [7, 11) is 0. The Bertz CT molecular complexity index is 503. The van der Waals surface area contributed by atoms with Gasteiger partial charge in [0.2, 0.25) is 6.79 Å². The Morgan fingerprint density at radius 3 is 2.72 bits per heavy atom. The lowest BCUT2D eigenvalue weighted by Gasteiger charge is -2.04. The largest absolute Gasteiger partial charge is 0.454 e. The Kier molecular flexibility index (Phi) is 3.52. The van der Waals surface area contributed by atoms with E-state index in [4.69, 9.17) is 21.1 Å². The van der Waals surface area contributed by atoms with Gasteiger partial charge in [-0.1, -0.05) is 0 Å². The van der Waals surface area contributed by atoms with E-state index in [2.05, 4.69) is 4.74 Å². The zero-order chi connectivity index (χ0) is 13.1. The third kappa shape index (κ3) is 2.62. The highest BCUT2D eigenvalue weighted by molar-refractivity contribution is 6.61. The zero-order valence-corrected chi connectivity index (χ0v) is 9.81. The summed E-state index contributed by atoms with van der Waals surface area (Å²) >= 11 is 5.00. The van der Waals surface area contributed by atoms with Gasteiger partial charge in [-0.3, -0.25) is 10.1 Å². The molecule has 0 unspecified atom stereocenters. The summed E-state index contributed by atoms with van der Waals surface area (Å²) in [6, 6.07) is 2.79. The number of nitro groups is 1. The second-order valence-corrected chi connectivity index (χ2v) is 3.74. The average molecular weight is 274 g/mol. The molecular weight excluding hydrogens is 266 g/mol. The summed E-state index contributed by atoms with van der Waals surface area (Å²) in [4.78, 5) is 20.8. The van der Waals surface area contributed by atoms with Crippen LogP contribution in [0.3, 0.4) is 0 Å². The standard InChI is InChI=1S/C10H8ClNO6/c11-10(13)16-2-1-6-3-8-9(18-5-17-8)4-7(6)12(14)15/h3-4H,1-2,5H2. The fourth-order valence-corrected chi connectivity index (χ4v) is 1.66. The molecule has 0 spiro atoms. The monoisotopic (exact) mass is 273 g/mol. The third-order valence-electron chi connectivity index (χ3n) is 2.36. The molecule has 18 heavy (non-hydrogen) atoms. The number of hydrogen-bond donors (Lipinski definition) is 0. The van der Waals surface area contributed by atoms with Gasteiger partial charge >= 0.3 is 5.43 Å². The van der Waals surface area contributed by atoms with Crippen LogP contribution in [0, 0.1) is 10.1 Å². The van der Waals surface area contributed by atoms with Crippen LogP contribution in [0.5, 0.6) is 11.5 Å². The number of hydrogen-bond acceptors (Lipinski definition) is 6. The predicted octanol–water partition coefficient (Wildman–Crippen LogP) is 2.24. The van der Waals surface area contributed by atoms with E-state index < -0.39 is 10.4 Å². The second-order valence-electron chi connectivity index (χ2n) is 3.43. The molecule has 8 heteroatoms. The maximum absolute atomic E-state index is 10.9. The molecule has 1 aromatic carbocycles. The van der Waals surface area contributed by atoms with Gasteiger partial charge in [-0.2, -0.15) is 0 Å². The molecule has 0 saturated heterocycles. The first kappa shape index (κ1) is 12.4. The number of carbonyl (C=O) groups excluding carboxylic acids is 1. The molecule has 0 amide bonds. The van der Waals surface area contributed by atoms with Crippen molar-refractivity contribution in [1.82, 2.24) is 0 Å². The number of fused-ring (bicyclic) bond motifs is 1. The van der Waals surface area contributed by atoms with Gasteiger partial charge in [0.05, 0.1) is 17.6 Å². The second kappa shape index (κ2) is 5.09. The minimum absolute atomic E-state index is 0.0343. The van der Waals surface area contributed by atoms with Gasteiger partial charge in [0, 0.05) is 23.6 Å². The van der Waals surface area contributed by atoms with Crippen molar-refractivity contribution in [3.8, 4) is 11.5 Å². The van der Waals surface area contributed by atoms with Crippen molar-refractivity contribution in [3.63, 3.8) is 0 Å². The van der Waals surface area contributed by atoms with Crippen LogP contribution < -0.4 is 9.47 Å². The first-order valence-corrected chi connectivity index (χ1v) is 5.35. The fourth-order valence-electron chi connectivity index (χ4n) is 1.58. The summed E-state index contributed by atoms with van der Waals surface area (Å²) in [5, 5.41) is 10.9. The van der Waals surface area contributed by atoms with Crippen LogP contribution in [0.4, 0.5) is 10.5 Å². The number of nitrogens with zero attached hydrogens (tertiary/aromatic N) is 1. The van der Waals surface area contributed by atoms with Crippen LogP contribution in [-0.2, 0) is 11.2 Å². The average Bonchev–Trinajstić information content (AvgIpc) is 2.74. The summed E-state index contributed by atoms with van der Waals surface area (Å²) in [6.45, 7) is -0.00454. The summed E-state index contributed by atoms with van der Waals surface area (Å²) in [6.07, 6.45) is 0.172. The predicted molar refractivity (Wildman–Crippen MR) is 60.1 cm³/mol. The minimum Gasteiger partial charge on any atom is -0.454 e. The normalized spacial score (nSPS) is 12.3. The van der Waals surface area contributed by atoms with E-state index in [1.54, 1.807) is 0 Å². The maximum atomic E-state index is 10.9. The molecule has 1 aliphatic heterocycles. The molecule has 1 heterocycles. The molecule has 0 atom stereocenters. The molecule has 0 saturated carbocycles. The van der Waals surface area contributed by atoms with Gasteiger partial charge in [-0.15, -0.1) is 0 Å². The van der Waals surface area contributed by atoms with Crippen molar-refractivity contribution in [2.24, 2.45) is 0 Å². The van der Waals surface area contributed by atoms with Crippen LogP contribution >= 0.6 is 11.6 Å². The van der Waals surface area contributed by atoms with E-state index in [0.717, 1.165) is 0 Å². The fraction of sp³-hybridized carbons (Fsp3) is 0.300. The Balaban J connectivity index is 2.21. The number of benzene rings is 1. The summed E-state index contributed by atoms with van der Waals surface area (Å²) < 4.78 is 14.7. The number of rotatable bonds is 4. The van der Waals surface area contributed by atoms with E-state index in [0.29, 0.717) is 17.1 Å². The van der Waals surface area contributed by atoms with Crippen molar-refractivity contribution >= 4 is 22.7 Å². The van der Waals surface area contributed by atoms with Crippen molar-refractivity contribution < 1.29 is 23.9 Å². The molecule has 0 bridgehead atoms. The lowest BCUT2D eigenvalue weighted by atomic mass is 10.1. The number of halogens is 1. The highest BCUT2D eigenvalue weighted by atomic mass is 35.5. The number of carbonyl (C=O) groups is 1. The van der Waals surface area contributed by atoms with Crippen LogP contribution in [0.25, 0.3) is 0 Å². The molecule has 0 aliphatic carbocycles. The highest BCUT2D eigenvalue weighted by Gasteiger charge is 2.23. The molecular formula is C10H8ClNO6. The van der Waals surface area contributed by atoms with Crippen molar-refractivity contribution in [1.29, 1.82) is 0 Å². The Hall–Kier alpha value is -2.02. The number of ether oxygens (including phenoxy) is 3. The van der Waals surface area contributed by atoms with Gasteiger partial charge < -0.3 is 14.2 Å². The SMILES string of the molecule is O=C(Cl)OCCc1cc2c(cc1[N+](=O)[O-])OCO2. The molecule has 1 aliphatic rings.